The number of guanidine groups is 1. The van der Waals surface area contributed by atoms with Crippen LogP contribution >= 0.6 is 24.0 Å². The summed E-state index contributed by atoms with van der Waals surface area (Å²) in [6.45, 7) is 6.71. The Morgan fingerprint density at radius 3 is 2.28 bits per heavy atom. The van der Waals surface area contributed by atoms with E-state index in [1.54, 1.807) is 0 Å². The topological polar surface area (TPSA) is 87.8 Å². The molecule has 2 rings (SSSR count). The van der Waals surface area contributed by atoms with Gasteiger partial charge in [-0.05, 0) is 24.0 Å². The Bertz CT molecular complexity index is 656. The van der Waals surface area contributed by atoms with E-state index < -0.39 is 9.84 Å². The number of aliphatic imine (C=N–C) groups is 1. The second-order valence-corrected chi connectivity index (χ2v) is 8.35. The van der Waals surface area contributed by atoms with Crippen LogP contribution in [-0.2, 0) is 22.7 Å². The number of hydrogen-bond donors (Lipinski definition) is 2. The van der Waals surface area contributed by atoms with Crippen molar-refractivity contribution in [2.45, 2.75) is 26.7 Å². The molecule has 1 aliphatic heterocycles. The van der Waals surface area contributed by atoms with Crippen LogP contribution in [0.2, 0.25) is 0 Å². The Balaban J connectivity index is 0.00000312. The first-order chi connectivity index (χ1) is 11.4. The van der Waals surface area contributed by atoms with Crippen molar-refractivity contribution in [2.24, 2.45) is 10.7 Å². The first kappa shape index (κ1) is 22.2. The Hall–Kier alpha value is -0.870. The van der Waals surface area contributed by atoms with Crippen molar-refractivity contribution < 1.29 is 8.42 Å². The van der Waals surface area contributed by atoms with Crippen LogP contribution < -0.4 is 11.1 Å². The van der Waals surface area contributed by atoms with Gasteiger partial charge in [-0.25, -0.2) is 8.42 Å². The number of sulfone groups is 1. The summed E-state index contributed by atoms with van der Waals surface area (Å²) < 4.78 is 22.8. The number of halogens is 1. The molecule has 0 unspecified atom stereocenters. The molecule has 0 saturated carbocycles. The fourth-order valence-electron chi connectivity index (χ4n) is 2.86. The third-order valence-electron chi connectivity index (χ3n) is 4.39. The van der Waals surface area contributed by atoms with Gasteiger partial charge in [0.2, 0.25) is 0 Å². The molecule has 0 aliphatic carbocycles. The van der Waals surface area contributed by atoms with Crippen LogP contribution in [0.3, 0.4) is 0 Å². The minimum absolute atomic E-state index is 0. The van der Waals surface area contributed by atoms with Crippen molar-refractivity contribution in [2.75, 3.05) is 43.0 Å². The lowest BCUT2D eigenvalue weighted by Crippen LogP contribution is -2.41. The number of nitrogens with zero attached hydrogens (tertiary/aromatic N) is 2. The second-order valence-electron chi connectivity index (χ2n) is 6.04. The highest BCUT2D eigenvalue weighted by Gasteiger charge is 2.20. The van der Waals surface area contributed by atoms with Crippen molar-refractivity contribution in [1.29, 1.82) is 0 Å². The number of rotatable bonds is 6. The molecule has 1 fully saturated rings. The van der Waals surface area contributed by atoms with Gasteiger partial charge in [0.25, 0.3) is 0 Å². The number of aryl methyl sites for hydroxylation is 2. The van der Waals surface area contributed by atoms with Gasteiger partial charge in [0, 0.05) is 25.3 Å². The summed E-state index contributed by atoms with van der Waals surface area (Å²) in [7, 11) is -2.83. The second kappa shape index (κ2) is 10.3. The van der Waals surface area contributed by atoms with Crippen LogP contribution in [0, 0.1) is 0 Å². The molecular weight excluding hydrogens is 451 g/mol. The van der Waals surface area contributed by atoms with E-state index in [0.29, 0.717) is 25.6 Å². The number of nitrogens with one attached hydrogen (secondary N) is 1. The van der Waals surface area contributed by atoms with Gasteiger partial charge in [-0.15, -0.1) is 24.0 Å². The molecule has 0 radical (unpaired) electrons. The maximum absolute atomic E-state index is 11.4. The SMILES string of the molecule is CCc1cccc(CC)c1NC(N)=NCCN1CCS(=O)(=O)CC1.I. The normalized spacial score (nSPS) is 17.8. The first-order valence-corrected chi connectivity index (χ1v) is 10.4. The maximum atomic E-state index is 11.4. The van der Waals surface area contributed by atoms with Crippen molar-refractivity contribution >= 4 is 45.5 Å². The standard InChI is InChI=1S/C17H28N4O2S.HI/c1-3-14-6-5-7-15(4-2)16(14)20-17(18)19-8-9-21-10-12-24(22,23)13-11-21;/h5-7H,3-4,8-13H2,1-2H3,(H3,18,19,20);1H. The minimum atomic E-state index is -2.83. The molecule has 0 atom stereocenters. The van der Waals surface area contributed by atoms with Gasteiger partial charge in [0.15, 0.2) is 15.8 Å². The molecular formula is C17H29IN4O2S. The molecule has 0 amide bonds. The highest BCUT2D eigenvalue weighted by Crippen LogP contribution is 2.22. The fourth-order valence-corrected chi connectivity index (χ4v) is 4.13. The lowest BCUT2D eigenvalue weighted by Gasteiger charge is -2.25. The van der Waals surface area contributed by atoms with Crippen LogP contribution in [0.1, 0.15) is 25.0 Å². The number of para-hydroxylation sites is 1. The lowest BCUT2D eigenvalue weighted by molar-refractivity contribution is 0.304. The van der Waals surface area contributed by atoms with E-state index in [4.69, 9.17) is 5.73 Å². The zero-order valence-electron chi connectivity index (χ0n) is 15.0. The summed E-state index contributed by atoms with van der Waals surface area (Å²) in [6.07, 6.45) is 1.87. The molecule has 1 aliphatic rings. The zero-order chi connectivity index (χ0) is 17.6. The fraction of sp³-hybridized carbons (Fsp3) is 0.588. The summed E-state index contributed by atoms with van der Waals surface area (Å²) in [5.41, 5.74) is 9.56. The average Bonchev–Trinajstić information content (AvgIpc) is 2.56. The van der Waals surface area contributed by atoms with E-state index in [-0.39, 0.29) is 35.5 Å². The summed E-state index contributed by atoms with van der Waals surface area (Å²) in [5, 5.41) is 3.25. The van der Waals surface area contributed by atoms with Crippen LogP contribution in [0.5, 0.6) is 0 Å². The zero-order valence-corrected chi connectivity index (χ0v) is 18.1. The van der Waals surface area contributed by atoms with E-state index in [1.807, 2.05) is 0 Å². The maximum Gasteiger partial charge on any atom is 0.193 e. The number of nitrogens with two attached hydrogens (primary N) is 1. The van der Waals surface area contributed by atoms with Crippen LogP contribution in [-0.4, -0.2) is 57.0 Å². The first-order valence-electron chi connectivity index (χ1n) is 8.55. The number of anilines is 1. The summed E-state index contributed by atoms with van der Waals surface area (Å²) in [6, 6.07) is 6.27. The predicted octanol–water partition coefficient (Wildman–Crippen LogP) is 1.89. The minimum Gasteiger partial charge on any atom is -0.370 e. The Labute approximate surface area is 168 Å². The lowest BCUT2D eigenvalue weighted by atomic mass is 10.0. The molecule has 1 saturated heterocycles. The van der Waals surface area contributed by atoms with Crippen LogP contribution in [0.15, 0.2) is 23.2 Å². The molecule has 142 valence electrons. The smallest absolute Gasteiger partial charge is 0.193 e. The predicted molar refractivity (Wildman–Crippen MR) is 116 cm³/mol. The van der Waals surface area contributed by atoms with Gasteiger partial charge in [-0.2, -0.15) is 0 Å². The third-order valence-corrected chi connectivity index (χ3v) is 6.00. The average molecular weight is 480 g/mol. The van der Waals surface area contributed by atoms with E-state index >= 15 is 0 Å². The van der Waals surface area contributed by atoms with E-state index in [1.165, 1.54) is 11.1 Å². The van der Waals surface area contributed by atoms with E-state index in [0.717, 1.165) is 25.1 Å². The largest absolute Gasteiger partial charge is 0.370 e. The van der Waals surface area contributed by atoms with Crippen molar-refractivity contribution in [3.63, 3.8) is 0 Å². The Kier molecular flexibility index (Phi) is 9.15. The summed E-state index contributed by atoms with van der Waals surface area (Å²) in [4.78, 5) is 6.51. The van der Waals surface area contributed by atoms with Crippen LogP contribution in [0.25, 0.3) is 0 Å². The van der Waals surface area contributed by atoms with Gasteiger partial charge in [0.1, 0.15) is 0 Å². The molecule has 8 heteroatoms. The van der Waals surface area contributed by atoms with Crippen molar-refractivity contribution in [3.05, 3.63) is 29.3 Å². The Morgan fingerprint density at radius 1 is 1.20 bits per heavy atom. The molecule has 0 spiro atoms. The molecule has 1 aromatic carbocycles. The number of hydrogen-bond acceptors (Lipinski definition) is 4. The van der Waals surface area contributed by atoms with Gasteiger partial charge >= 0.3 is 0 Å². The van der Waals surface area contributed by atoms with Gasteiger partial charge in [-0.3, -0.25) is 9.89 Å². The monoisotopic (exact) mass is 480 g/mol. The van der Waals surface area contributed by atoms with Gasteiger partial charge < -0.3 is 11.1 Å². The van der Waals surface area contributed by atoms with Gasteiger partial charge in [-0.1, -0.05) is 32.0 Å². The van der Waals surface area contributed by atoms with Gasteiger partial charge in [0.05, 0.1) is 18.1 Å². The molecule has 0 bridgehead atoms. The molecule has 6 nitrogen and oxygen atoms in total. The highest BCUT2D eigenvalue weighted by molar-refractivity contribution is 14.0. The van der Waals surface area contributed by atoms with E-state index in [9.17, 15) is 8.42 Å². The highest BCUT2D eigenvalue weighted by atomic mass is 127. The summed E-state index contributed by atoms with van der Waals surface area (Å²) >= 11 is 0. The molecule has 3 N–H and O–H groups in total. The summed E-state index contributed by atoms with van der Waals surface area (Å²) in [5.74, 6) is 0.901. The third kappa shape index (κ3) is 6.74. The number of benzene rings is 1. The Morgan fingerprint density at radius 2 is 1.76 bits per heavy atom. The molecule has 25 heavy (non-hydrogen) atoms. The molecule has 0 aromatic heterocycles. The van der Waals surface area contributed by atoms with Crippen molar-refractivity contribution in [1.82, 2.24) is 4.90 Å². The molecule has 1 heterocycles. The molecule has 1 aromatic rings. The van der Waals surface area contributed by atoms with Crippen LogP contribution in [0.4, 0.5) is 5.69 Å². The van der Waals surface area contributed by atoms with E-state index in [2.05, 4.69) is 47.3 Å². The quantitative estimate of drug-likeness (QED) is 0.369. The van der Waals surface area contributed by atoms with Crippen molar-refractivity contribution in [3.8, 4) is 0 Å².